The molecule has 4 rings (SSSR count). The summed E-state index contributed by atoms with van der Waals surface area (Å²) in [7, 11) is 0. The molecule has 0 heterocycles. The van der Waals surface area contributed by atoms with E-state index in [4.69, 9.17) is 11.6 Å². The Bertz CT molecular complexity index is 585. The highest BCUT2D eigenvalue weighted by Crippen LogP contribution is 2.45. The van der Waals surface area contributed by atoms with Gasteiger partial charge in [0.1, 0.15) is 0 Å². The van der Waals surface area contributed by atoms with Crippen molar-refractivity contribution < 1.29 is 9.90 Å². The number of hydrogen-bond donors (Lipinski definition) is 2. The van der Waals surface area contributed by atoms with Crippen molar-refractivity contribution in [2.45, 2.75) is 56.6 Å². The van der Waals surface area contributed by atoms with Gasteiger partial charge in [-0.2, -0.15) is 0 Å². The van der Waals surface area contributed by atoms with Crippen LogP contribution in [0.5, 0.6) is 0 Å². The molecule has 0 aliphatic heterocycles. The minimum Gasteiger partial charge on any atom is -0.393 e. The Morgan fingerprint density at radius 2 is 1.83 bits per heavy atom. The molecule has 1 aromatic carbocycles. The summed E-state index contributed by atoms with van der Waals surface area (Å²) in [6.45, 7) is 0. The second-order valence-electron chi connectivity index (χ2n) is 7.69. The fourth-order valence-electron chi connectivity index (χ4n) is 4.80. The van der Waals surface area contributed by atoms with E-state index < -0.39 is 0 Å². The summed E-state index contributed by atoms with van der Waals surface area (Å²) in [5.41, 5.74) is 1.28. The van der Waals surface area contributed by atoms with Gasteiger partial charge in [0.2, 0.25) is 5.91 Å². The van der Waals surface area contributed by atoms with Gasteiger partial charge in [-0.05, 0) is 74.0 Å². The normalized spacial score (nSPS) is 38.9. The summed E-state index contributed by atoms with van der Waals surface area (Å²) >= 11 is 6.05. The predicted octanol–water partition coefficient (Wildman–Crippen LogP) is 3.50. The zero-order valence-corrected chi connectivity index (χ0v) is 14.0. The largest absolute Gasteiger partial charge is 0.393 e. The number of carbonyl (C=O) groups excluding carboxylic acids is 1. The molecule has 1 amide bonds. The molecule has 4 atom stereocenters. The minimum absolute atomic E-state index is 0.112. The van der Waals surface area contributed by atoms with Crippen molar-refractivity contribution in [1.29, 1.82) is 0 Å². The molecule has 3 aliphatic carbocycles. The monoisotopic (exact) mass is 333 g/mol. The second kappa shape index (κ2) is 6.10. The average molecular weight is 334 g/mol. The molecule has 0 spiro atoms. The lowest BCUT2D eigenvalue weighted by molar-refractivity contribution is -0.129. The van der Waals surface area contributed by atoms with E-state index in [0.29, 0.717) is 23.8 Å². The van der Waals surface area contributed by atoms with Gasteiger partial charge in [0.15, 0.2) is 0 Å². The first-order valence-corrected chi connectivity index (χ1v) is 9.22. The smallest absolute Gasteiger partial charge is 0.223 e. The number of benzene rings is 1. The number of aliphatic hydroxyl groups excluding tert-OH is 1. The van der Waals surface area contributed by atoms with Crippen LogP contribution in [0.4, 0.5) is 0 Å². The Morgan fingerprint density at radius 1 is 1.13 bits per heavy atom. The van der Waals surface area contributed by atoms with Gasteiger partial charge in [0.25, 0.3) is 0 Å². The van der Waals surface area contributed by atoms with Crippen LogP contribution >= 0.6 is 11.6 Å². The molecule has 1 aromatic rings. The van der Waals surface area contributed by atoms with Crippen LogP contribution in [0.15, 0.2) is 24.3 Å². The van der Waals surface area contributed by atoms with E-state index in [9.17, 15) is 9.90 Å². The van der Waals surface area contributed by atoms with Crippen molar-refractivity contribution in [3.8, 4) is 0 Å². The maximum Gasteiger partial charge on any atom is 0.223 e. The molecule has 2 bridgehead atoms. The summed E-state index contributed by atoms with van der Waals surface area (Å²) < 4.78 is 0. The Hall–Kier alpha value is -1.06. The number of nitrogens with one attached hydrogen (secondary N) is 1. The third kappa shape index (κ3) is 3.01. The van der Waals surface area contributed by atoms with Crippen molar-refractivity contribution in [1.82, 2.24) is 5.32 Å². The average Bonchev–Trinajstić information content (AvgIpc) is 2.72. The van der Waals surface area contributed by atoms with E-state index in [-0.39, 0.29) is 17.9 Å². The number of carbonyl (C=O) groups is 1. The Labute approximate surface area is 142 Å². The SMILES string of the molecule is O=C(NC1CC(c2cccc(Cl)c2)C1)C1C[C@H]2CC[C@@H](C1)C2O. The molecule has 3 fully saturated rings. The van der Waals surface area contributed by atoms with Crippen LogP contribution in [0.1, 0.15) is 50.0 Å². The first-order chi connectivity index (χ1) is 11.1. The van der Waals surface area contributed by atoms with Gasteiger partial charge < -0.3 is 10.4 Å². The molecule has 0 radical (unpaired) electrons. The lowest BCUT2D eigenvalue weighted by atomic mass is 9.74. The van der Waals surface area contributed by atoms with Gasteiger partial charge in [-0.15, -0.1) is 0 Å². The van der Waals surface area contributed by atoms with Gasteiger partial charge in [-0.1, -0.05) is 23.7 Å². The van der Waals surface area contributed by atoms with Crippen LogP contribution in [-0.4, -0.2) is 23.2 Å². The lowest BCUT2D eigenvalue weighted by Crippen LogP contribution is -2.47. The van der Waals surface area contributed by atoms with E-state index in [2.05, 4.69) is 11.4 Å². The maximum absolute atomic E-state index is 12.5. The molecule has 2 unspecified atom stereocenters. The lowest BCUT2D eigenvalue weighted by Gasteiger charge is -2.38. The molecule has 2 N–H and O–H groups in total. The molecule has 3 nitrogen and oxygen atoms in total. The standard InChI is InChI=1S/C19H24ClNO2/c20-16-3-1-2-11(8-16)14-9-17(10-14)21-19(23)15-6-12-4-5-13(7-15)18(12)22/h1-3,8,12-15,17-18,22H,4-7,9-10H2,(H,21,23)/t12-,13+,14?,15?,17?,18?. The van der Waals surface area contributed by atoms with Crippen molar-refractivity contribution in [3.05, 3.63) is 34.9 Å². The Morgan fingerprint density at radius 3 is 2.48 bits per heavy atom. The van der Waals surface area contributed by atoms with E-state index >= 15 is 0 Å². The van der Waals surface area contributed by atoms with Crippen LogP contribution in [0.25, 0.3) is 0 Å². The molecule has 4 heteroatoms. The van der Waals surface area contributed by atoms with Crippen molar-refractivity contribution >= 4 is 17.5 Å². The first-order valence-electron chi connectivity index (χ1n) is 8.84. The van der Waals surface area contributed by atoms with Gasteiger partial charge in [0.05, 0.1) is 6.10 Å². The van der Waals surface area contributed by atoms with Crippen LogP contribution in [0, 0.1) is 17.8 Å². The predicted molar refractivity (Wildman–Crippen MR) is 90.3 cm³/mol. The summed E-state index contributed by atoms with van der Waals surface area (Å²) in [5, 5.41) is 14.1. The number of fused-ring (bicyclic) bond motifs is 2. The van der Waals surface area contributed by atoms with Gasteiger partial charge in [0, 0.05) is 17.0 Å². The number of amides is 1. The van der Waals surface area contributed by atoms with Crippen LogP contribution < -0.4 is 5.32 Å². The third-order valence-electron chi connectivity index (χ3n) is 6.22. The van der Waals surface area contributed by atoms with Crippen LogP contribution in [-0.2, 0) is 4.79 Å². The van der Waals surface area contributed by atoms with Gasteiger partial charge in [-0.3, -0.25) is 4.79 Å². The Kier molecular flexibility index (Phi) is 4.10. The number of aliphatic hydroxyl groups is 1. The first kappa shape index (κ1) is 15.5. The summed E-state index contributed by atoms with van der Waals surface area (Å²) in [5.74, 6) is 1.54. The minimum atomic E-state index is -0.157. The third-order valence-corrected chi connectivity index (χ3v) is 6.46. The van der Waals surface area contributed by atoms with E-state index in [1.165, 1.54) is 5.56 Å². The van der Waals surface area contributed by atoms with Gasteiger partial charge in [-0.25, -0.2) is 0 Å². The molecular formula is C19H24ClNO2. The van der Waals surface area contributed by atoms with E-state index in [1.54, 1.807) is 0 Å². The molecule has 3 aliphatic rings. The topological polar surface area (TPSA) is 49.3 Å². The van der Waals surface area contributed by atoms with Gasteiger partial charge >= 0.3 is 0 Å². The van der Waals surface area contributed by atoms with Crippen LogP contribution in [0.2, 0.25) is 5.02 Å². The summed E-state index contributed by atoms with van der Waals surface area (Å²) in [6, 6.07) is 8.34. The Balaban J connectivity index is 1.28. The zero-order chi connectivity index (χ0) is 16.0. The maximum atomic E-state index is 12.5. The fraction of sp³-hybridized carbons (Fsp3) is 0.632. The van der Waals surface area contributed by atoms with Crippen molar-refractivity contribution in [3.63, 3.8) is 0 Å². The number of rotatable bonds is 3. The highest BCUT2D eigenvalue weighted by atomic mass is 35.5. The van der Waals surface area contributed by atoms with Crippen molar-refractivity contribution in [2.75, 3.05) is 0 Å². The quantitative estimate of drug-likeness (QED) is 0.889. The van der Waals surface area contributed by atoms with E-state index in [0.717, 1.165) is 43.5 Å². The van der Waals surface area contributed by atoms with Crippen molar-refractivity contribution in [2.24, 2.45) is 17.8 Å². The fourth-order valence-corrected chi connectivity index (χ4v) is 5.00. The van der Waals surface area contributed by atoms with E-state index in [1.807, 2.05) is 18.2 Å². The highest BCUT2D eigenvalue weighted by molar-refractivity contribution is 6.30. The molecule has 3 saturated carbocycles. The molecule has 0 saturated heterocycles. The van der Waals surface area contributed by atoms with Crippen LogP contribution in [0.3, 0.4) is 0 Å². The summed E-state index contributed by atoms with van der Waals surface area (Å²) in [4.78, 5) is 12.5. The number of hydrogen-bond acceptors (Lipinski definition) is 2. The molecule has 0 aromatic heterocycles. The summed E-state index contributed by atoms with van der Waals surface area (Å²) in [6.07, 6.45) is 5.78. The molecule has 23 heavy (non-hydrogen) atoms. The number of halogens is 1. The highest BCUT2D eigenvalue weighted by Gasteiger charge is 2.44. The molecule has 124 valence electrons. The molecular weight excluding hydrogens is 310 g/mol. The zero-order valence-electron chi connectivity index (χ0n) is 13.2. The second-order valence-corrected chi connectivity index (χ2v) is 8.12.